The summed E-state index contributed by atoms with van der Waals surface area (Å²) in [5, 5.41) is 8.83. The molecule has 1 rings (SSSR count). The van der Waals surface area contributed by atoms with Gasteiger partial charge in [-0.15, -0.1) is 0 Å². The van der Waals surface area contributed by atoms with E-state index in [0.29, 0.717) is 169 Å². The maximum atomic E-state index is 12.5. The molecule has 136 heavy (non-hydrogen) atoms. The zero-order valence-electron chi connectivity index (χ0n) is 96.5. The summed E-state index contributed by atoms with van der Waals surface area (Å²) in [5.41, 5.74) is -1.31. The first-order valence-electron chi connectivity index (χ1n) is 51.9. The summed E-state index contributed by atoms with van der Waals surface area (Å²) in [5.74, 6) is 2.39. The number of nitrogens with one attached hydrogen (secondary N) is 3. The molecule has 25 heteroatoms. The van der Waals surface area contributed by atoms with Crippen LogP contribution < -0.4 is 16.0 Å². The molecule has 1 aliphatic heterocycles. The van der Waals surface area contributed by atoms with Crippen molar-refractivity contribution in [3.8, 4) is 0 Å². The van der Waals surface area contributed by atoms with Crippen molar-refractivity contribution >= 4 is 46.6 Å². The highest BCUT2D eigenvalue weighted by atomic mass is 16.7. The van der Waals surface area contributed by atoms with E-state index < -0.39 is 17.2 Å². The van der Waals surface area contributed by atoms with E-state index in [9.17, 15) is 38.4 Å². The molecule has 1 saturated heterocycles. The van der Waals surface area contributed by atoms with Crippen LogP contribution in [0.15, 0.2) is 0 Å². The van der Waals surface area contributed by atoms with E-state index in [-0.39, 0.29) is 187 Å². The van der Waals surface area contributed by atoms with Gasteiger partial charge in [0.15, 0.2) is 6.29 Å². The van der Waals surface area contributed by atoms with Crippen LogP contribution in [0, 0.1) is 90.7 Å². The number of hydrogen-bond donors (Lipinski definition) is 3. The Morgan fingerprint density at radius 3 is 1.04 bits per heavy atom. The van der Waals surface area contributed by atoms with E-state index in [1.165, 1.54) is 0 Å². The maximum absolute atomic E-state index is 12.5. The van der Waals surface area contributed by atoms with E-state index >= 15 is 0 Å². The molecule has 1 aliphatic rings. The molecule has 2 unspecified atom stereocenters. The number of carbonyl (C=O) groups excluding carboxylic acids is 8. The summed E-state index contributed by atoms with van der Waals surface area (Å²) in [6.45, 7) is 104. The number of ether oxygens (including phenoxy) is 13. The average Bonchev–Trinajstić information content (AvgIpc) is 0.783. The van der Waals surface area contributed by atoms with Crippen molar-refractivity contribution in [2.45, 2.75) is 449 Å². The van der Waals surface area contributed by atoms with Gasteiger partial charge in [-0.1, -0.05) is 228 Å². The van der Waals surface area contributed by atoms with Gasteiger partial charge in [-0.3, -0.25) is 43.3 Å². The normalized spacial score (nSPS) is 16.3. The number of Topliss-reactive ketones (excluding diaryl/α,β-unsaturated/α-hetero) is 5. The minimum atomic E-state index is -0.679. The summed E-state index contributed by atoms with van der Waals surface area (Å²) < 4.78 is 79.4. The predicted molar refractivity (Wildman–Crippen MR) is 557 cm³/mol. The lowest BCUT2D eigenvalue weighted by Gasteiger charge is -2.48. The molecule has 0 aromatic carbocycles. The molecule has 0 radical (unpaired) electrons. The molecule has 0 bridgehead atoms. The fourth-order valence-electron chi connectivity index (χ4n) is 13.9. The Labute approximate surface area is 834 Å². The van der Waals surface area contributed by atoms with Crippen LogP contribution in [-0.2, 0) is 99.9 Å². The highest BCUT2D eigenvalue weighted by Gasteiger charge is 2.49. The van der Waals surface area contributed by atoms with Crippen molar-refractivity contribution in [3.05, 3.63) is 0 Å². The summed E-state index contributed by atoms with van der Waals surface area (Å²) in [7, 11) is 0. The second-order valence-electron chi connectivity index (χ2n) is 51.3. The molecule has 25 nitrogen and oxygen atoms in total. The third-order valence-corrected chi connectivity index (χ3v) is 21.0. The molecular formula is C111H218N4O21. The molecule has 1 heterocycles. The van der Waals surface area contributed by atoms with Crippen LogP contribution >= 0.6 is 0 Å². The largest absolute Gasteiger partial charge is 0.381 e. The van der Waals surface area contributed by atoms with E-state index in [0.717, 1.165) is 25.7 Å². The Hall–Kier alpha value is -3.80. The zero-order valence-corrected chi connectivity index (χ0v) is 96.5. The lowest BCUT2D eigenvalue weighted by molar-refractivity contribution is -0.314. The number of carbonyl (C=O) groups is 8. The van der Waals surface area contributed by atoms with Gasteiger partial charge in [0.2, 0.25) is 17.7 Å². The van der Waals surface area contributed by atoms with Crippen LogP contribution in [0.25, 0.3) is 0 Å². The lowest BCUT2D eigenvalue weighted by Crippen LogP contribution is -2.59. The van der Waals surface area contributed by atoms with E-state index in [1.807, 2.05) is 192 Å². The minimum absolute atomic E-state index is 0.00503. The highest BCUT2D eigenvalue weighted by Crippen LogP contribution is 2.40. The molecule has 0 aliphatic carbocycles. The van der Waals surface area contributed by atoms with Crippen molar-refractivity contribution in [1.29, 1.82) is 0 Å². The summed E-state index contributed by atoms with van der Waals surface area (Å²) >= 11 is 0. The Bertz CT molecular complexity index is 3070. The third kappa shape index (κ3) is 78.7. The van der Waals surface area contributed by atoms with Gasteiger partial charge in [0, 0.05) is 116 Å². The van der Waals surface area contributed by atoms with Gasteiger partial charge in [-0.25, -0.2) is 0 Å². The smallest absolute Gasteiger partial charge is 0.234 e. The first-order valence-corrected chi connectivity index (χ1v) is 51.9. The van der Waals surface area contributed by atoms with Crippen LogP contribution in [0.1, 0.15) is 383 Å². The van der Waals surface area contributed by atoms with Crippen molar-refractivity contribution in [2.24, 2.45) is 90.7 Å². The summed E-state index contributed by atoms with van der Waals surface area (Å²) in [6, 6.07) is 0.220. The number of nitrogens with zero attached hydrogens (tertiary/aromatic N) is 1. The van der Waals surface area contributed by atoms with Crippen LogP contribution in [0.2, 0.25) is 0 Å². The second kappa shape index (κ2) is 68.5. The predicted octanol–water partition coefficient (Wildman–Crippen LogP) is 22.0. The maximum Gasteiger partial charge on any atom is 0.234 e. The number of ketones is 5. The van der Waals surface area contributed by atoms with E-state index in [4.69, 9.17) is 61.6 Å². The Balaban J connectivity index is -0.000000815. The Morgan fingerprint density at radius 2 is 0.728 bits per heavy atom. The molecule has 1 fully saturated rings. The van der Waals surface area contributed by atoms with Gasteiger partial charge in [-0.2, -0.15) is 0 Å². The highest BCUT2D eigenvalue weighted by molar-refractivity contribution is 5.84. The summed E-state index contributed by atoms with van der Waals surface area (Å²) in [4.78, 5) is 97.5. The first-order chi connectivity index (χ1) is 61.8. The molecule has 3 amide bonds. The molecule has 808 valence electrons. The number of rotatable bonds is 61. The Morgan fingerprint density at radius 1 is 0.360 bits per heavy atom. The van der Waals surface area contributed by atoms with Gasteiger partial charge >= 0.3 is 0 Å². The van der Waals surface area contributed by atoms with Crippen LogP contribution in [0.5, 0.6) is 0 Å². The van der Waals surface area contributed by atoms with E-state index in [2.05, 4.69) is 148 Å². The lowest BCUT2D eigenvalue weighted by atomic mass is 9.75. The van der Waals surface area contributed by atoms with Gasteiger partial charge in [-0.05, 0) is 160 Å². The first kappa shape index (κ1) is 138. The standard InChI is InChI=1S/C30H60O5.C28H52O6.C20H38O4.C19H39NO4.C14H29N3O2/c1-21(2)16-31-18-24-25(33-19-29(8,9)10)23(14-15-28(5,6)7)26(32-17-22(3)4)27(35-24)34-20-30(11,12)13;1-21(2)23(29)11-14-32-18-28(17-26(5,6)7,19-33-15-12-24(30)22(3)4)20-34-16-13-25(31)27(8,9)10;1-15(2)18(21)8-10-23-13-17(12-20(5,6)7)14-24-11-9-19(22)16(3)4;1-14(2)22-11-19(12-23-15(3)4,13-24-16(5)6)20-17(21)10-18(7,8)9;1-10(2)15-12(18)8-17(14(5,6)7)9-13(19)16-11(3)4/h21-27H,14-20H2,1-13H3;21-22H,11-20H2,1-10H3;15-17H,8-14H2,1-7H3;14-16H,10-13H2,1-9H3,(H,20,21);10-11H,8-9H2,1-7H3,(H,15,18)(H,16,19)/t23-,24?,25-,26?,27+;;;;/m0..../s1. The Kier molecular flexibility index (Phi) is 69.7. The molecule has 0 aromatic rings. The molecule has 0 aromatic heterocycles. The average molecular weight is 1940 g/mol. The quantitative estimate of drug-likeness (QED) is 0.0477. The fourth-order valence-corrected chi connectivity index (χ4v) is 13.9. The van der Waals surface area contributed by atoms with Gasteiger partial charge < -0.3 is 77.5 Å². The molecule has 5 atom stereocenters. The molecule has 0 spiro atoms. The van der Waals surface area contributed by atoms with Crippen molar-refractivity contribution in [2.75, 3.05) is 132 Å². The zero-order chi connectivity index (χ0) is 107. The fraction of sp³-hybridized carbons (Fsp3) is 0.928. The molecule has 3 N–H and O–H groups in total. The van der Waals surface area contributed by atoms with Crippen molar-refractivity contribution < 1.29 is 99.9 Å². The van der Waals surface area contributed by atoms with Gasteiger partial charge in [0.25, 0.3) is 0 Å². The second-order valence-corrected chi connectivity index (χ2v) is 51.3. The summed E-state index contributed by atoms with van der Waals surface area (Å²) in [6.07, 6.45) is 5.70. The monoisotopic (exact) mass is 1940 g/mol. The van der Waals surface area contributed by atoms with Crippen molar-refractivity contribution in [3.63, 3.8) is 0 Å². The van der Waals surface area contributed by atoms with Gasteiger partial charge in [0.1, 0.15) is 46.7 Å². The topological polar surface area (TPSA) is 296 Å². The third-order valence-electron chi connectivity index (χ3n) is 21.0. The van der Waals surface area contributed by atoms with Crippen LogP contribution in [-0.4, -0.2) is 250 Å². The number of amides is 3. The van der Waals surface area contributed by atoms with E-state index in [1.54, 1.807) is 0 Å². The number of hydrogen-bond acceptors (Lipinski definition) is 22. The van der Waals surface area contributed by atoms with Crippen LogP contribution in [0.4, 0.5) is 0 Å². The van der Waals surface area contributed by atoms with Crippen LogP contribution in [0.3, 0.4) is 0 Å². The molecule has 0 saturated carbocycles. The van der Waals surface area contributed by atoms with Crippen molar-refractivity contribution in [1.82, 2.24) is 20.9 Å². The van der Waals surface area contributed by atoms with Gasteiger partial charge in [0.05, 0.1) is 143 Å². The minimum Gasteiger partial charge on any atom is -0.381 e. The molecular weight excluding hydrogens is 1730 g/mol. The SMILES string of the molecule is CC(C)C(=O)CCOCC(COCCC(=O)C(C)C)(COCCC(=O)C(C)(C)C)CC(C)(C)C.CC(C)C(=O)CCOCC(COCCC(=O)C(C)C)CC(C)(C)C.CC(C)COCC1O[C@@H](OCC(C)(C)C)C(OCC(C)C)[C@@H](CCC(C)(C)C)[C@@H]1OCC(C)(C)C.CC(C)NC(=O)CN(CC(=O)NC(C)C)C(C)(C)C.CC(C)OCC(COC(C)C)(COC(C)C)NC(=O)CC(C)(C)C.